The molecule has 3 saturated heterocycles. The molecule has 9 rings (SSSR count). The zero-order valence-electron chi connectivity index (χ0n) is 40.5. The SMILES string of the molecule is CCc1cnn2c(NCc3ccc(OCCCN4CCN(CC5CCN(c6cnc(C(=O)NC7CCC(Oc8ccc(C#N)c(Cl)c8)CC7)cn6)CC5)CC4)nc3)cc(N3CCCCC3CCO)nc12. The Kier molecular flexibility index (Phi) is 16.8. The van der Waals surface area contributed by atoms with Gasteiger partial charge in [-0.25, -0.2) is 19.9 Å². The van der Waals surface area contributed by atoms with Crippen molar-refractivity contribution in [1.82, 2.24) is 44.7 Å². The Balaban J connectivity index is 0.638. The third-order valence-electron chi connectivity index (χ3n) is 14.6. The highest BCUT2D eigenvalue weighted by molar-refractivity contribution is 6.31. The Morgan fingerprint density at radius 1 is 0.886 bits per heavy atom. The number of anilines is 3. The Morgan fingerprint density at radius 3 is 2.44 bits per heavy atom. The van der Waals surface area contributed by atoms with Crippen LogP contribution in [0.15, 0.2) is 61.2 Å². The maximum Gasteiger partial charge on any atom is 0.271 e. The predicted octanol–water partition coefficient (Wildman–Crippen LogP) is 6.78. The maximum atomic E-state index is 13.1. The second kappa shape index (κ2) is 23.9. The summed E-state index contributed by atoms with van der Waals surface area (Å²) in [5.41, 5.74) is 3.81. The number of hydrogen-bond acceptors (Lipinski definition) is 15. The van der Waals surface area contributed by atoms with E-state index in [9.17, 15) is 9.90 Å². The molecule has 18 heteroatoms. The standard InChI is InChI=1S/C52H68ClN13O4/c1-2-39-33-59-66-47(29-48(61-51(39)66)65-19-4-3-6-42(65)17-26-67)56-31-38-7-14-50(58-32-38)69-27-5-18-62-22-24-63(25-23-62)36-37-15-20-64(21-16-37)49-35-55-46(34-57-49)52(68)60-41-9-12-43(13-10-41)70-44-11-8-40(30-54)45(53)28-44/h7-8,11,14,28-29,32-35,37,41-43,56,67H,2-6,9-10,12-13,15-27,31,36H2,1H3,(H,60,68). The van der Waals surface area contributed by atoms with E-state index < -0.39 is 0 Å². The van der Waals surface area contributed by atoms with Crippen molar-refractivity contribution >= 4 is 40.6 Å². The lowest BCUT2D eigenvalue weighted by Crippen LogP contribution is -2.49. The molecule has 1 amide bonds. The molecular formula is C52H68ClN13O4. The van der Waals surface area contributed by atoms with E-state index in [-0.39, 0.29) is 24.7 Å². The molecule has 17 nitrogen and oxygen atoms in total. The smallest absolute Gasteiger partial charge is 0.271 e. The molecule has 0 spiro atoms. The number of piperidine rings is 2. The lowest BCUT2D eigenvalue weighted by molar-refractivity contribution is 0.0888. The normalized spacial score (nSPS) is 20.6. The number of aryl methyl sites for hydroxylation is 1. The number of aromatic nitrogens is 6. The van der Waals surface area contributed by atoms with Gasteiger partial charge in [0.2, 0.25) is 5.88 Å². The molecule has 0 bridgehead atoms. The molecule has 4 aromatic heterocycles. The number of nitrogens with one attached hydrogen (secondary N) is 2. The summed E-state index contributed by atoms with van der Waals surface area (Å²) in [6, 6.07) is 13.7. The molecule has 3 N–H and O–H groups in total. The van der Waals surface area contributed by atoms with Crippen LogP contribution in [0.1, 0.15) is 105 Å². The van der Waals surface area contributed by atoms with Gasteiger partial charge in [-0.3, -0.25) is 4.79 Å². The number of rotatable bonds is 19. The van der Waals surface area contributed by atoms with E-state index in [0.29, 0.717) is 53.0 Å². The summed E-state index contributed by atoms with van der Waals surface area (Å²) >= 11 is 6.17. The van der Waals surface area contributed by atoms with Crippen molar-refractivity contribution in [1.29, 1.82) is 5.26 Å². The number of hydrogen-bond donors (Lipinski definition) is 3. The van der Waals surface area contributed by atoms with Gasteiger partial charge >= 0.3 is 0 Å². The van der Waals surface area contributed by atoms with Crippen LogP contribution in [-0.2, 0) is 13.0 Å². The van der Waals surface area contributed by atoms with Gasteiger partial charge in [0.1, 0.15) is 35.0 Å². The second-order valence-electron chi connectivity index (χ2n) is 19.3. The molecule has 7 heterocycles. The number of nitriles is 1. The van der Waals surface area contributed by atoms with E-state index in [2.05, 4.69) is 75.4 Å². The molecule has 3 aliphatic heterocycles. The quantitative estimate of drug-likeness (QED) is 0.0736. The van der Waals surface area contributed by atoms with Crippen molar-refractivity contribution in [2.24, 2.45) is 5.92 Å². The molecule has 1 saturated carbocycles. The number of carbonyl (C=O) groups excluding carboxylic acids is 1. The Labute approximate surface area is 416 Å². The molecule has 4 aliphatic rings. The first kappa shape index (κ1) is 49.2. The van der Waals surface area contributed by atoms with Crippen LogP contribution in [0.2, 0.25) is 5.02 Å². The number of nitrogens with zero attached hydrogens (tertiary/aromatic N) is 11. The van der Waals surface area contributed by atoms with Crippen LogP contribution in [0, 0.1) is 17.2 Å². The van der Waals surface area contributed by atoms with Crippen LogP contribution in [0.4, 0.5) is 17.5 Å². The number of ether oxygens (including phenoxy) is 2. The number of carbonyl (C=O) groups is 1. The molecule has 70 heavy (non-hydrogen) atoms. The van der Waals surface area contributed by atoms with E-state index in [1.165, 1.54) is 6.42 Å². The first-order chi connectivity index (χ1) is 34.3. The number of aliphatic hydroxyl groups is 1. The fourth-order valence-electron chi connectivity index (χ4n) is 10.5. The number of fused-ring (bicyclic) bond motifs is 1. The fourth-order valence-corrected chi connectivity index (χ4v) is 10.7. The van der Waals surface area contributed by atoms with Crippen LogP contribution in [0.5, 0.6) is 11.6 Å². The third-order valence-corrected chi connectivity index (χ3v) is 14.9. The summed E-state index contributed by atoms with van der Waals surface area (Å²) in [7, 11) is 0. The van der Waals surface area contributed by atoms with E-state index in [1.807, 2.05) is 23.0 Å². The minimum Gasteiger partial charge on any atom is -0.490 e. The van der Waals surface area contributed by atoms with Gasteiger partial charge in [-0.15, -0.1) is 0 Å². The van der Waals surface area contributed by atoms with Gasteiger partial charge in [-0.1, -0.05) is 24.6 Å². The van der Waals surface area contributed by atoms with Crippen molar-refractivity contribution in [2.75, 3.05) is 87.2 Å². The predicted molar refractivity (Wildman–Crippen MR) is 271 cm³/mol. The van der Waals surface area contributed by atoms with Crippen molar-refractivity contribution in [3.05, 3.63) is 88.6 Å². The molecule has 0 radical (unpaired) electrons. The van der Waals surface area contributed by atoms with Gasteiger partial charge in [0.15, 0.2) is 5.65 Å². The first-order valence-electron chi connectivity index (χ1n) is 25.6. The van der Waals surface area contributed by atoms with E-state index in [4.69, 9.17) is 31.3 Å². The van der Waals surface area contributed by atoms with Crippen molar-refractivity contribution < 1.29 is 19.4 Å². The highest BCUT2D eigenvalue weighted by Gasteiger charge is 2.28. The number of piperazine rings is 1. The lowest BCUT2D eigenvalue weighted by Gasteiger charge is -2.39. The molecule has 5 aromatic rings. The third kappa shape index (κ3) is 12.6. The molecule has 1 unspecified atom stereocenters. The van der Waals surface area contributed by atoms with Crippen LogP contribution >= 0.6 is 11.6 Å². The fraction of sp³-hybridized carbons (Fsp3) is 0.558. The summed E-state index contributed by atoms with van der Waals surface area (Å²) in [5, 5.41) is 30.6. The monoisotopic (exact) mass is 974 g/mol. The van der Waals surface area contributed by atoms with Gasteiger partial charge in [-0.2, -0.15) is 14.9 Å². The second-order valence-corrected chi connectivity index (χ2v) is 19.7. The number of halogens is 1. The van der Waals surface area contributed by atoms with Crippen molar-refractivity contribution in [3.8, 4) is 17.7 Å². The van der Waals surface area contributed by atoms with Gasteiger partial charge in [0.25, 0.3) is 5.91 Å². The first-order valence-corrected chi connectivity index (χ1v) is 26.0. The molecule has 372 valence electrons. The molecule has 1 aromatic carbocycles. The zero-order valence-corrected chi connectivity index (χ0v) is 41.3. The van der Waals surface area contributed by atoms with Gasteiger partial charge in [0, 0.05) is 114 Å². The largest absolute Gasteiger partial charge is 0.490 e. The van der Waals surface area contributed by atoms with E-state index in [0.717, 1.165) is 164 Å². The summed E-state index contributed by atoms with van der Waals surface area (Å²) < 4.78 is 14.1. The Bertz CT molecular complexity index is 2510. The zero-order chi connectivity index (χ0) is 48.2. The number of benzene rings is 1. The van der Waals surface area contributed by atoms with Crippen LogP contribution in [-0.4, -0.2) is 141 Å². The Hall–Kier alpha value is -5.80. The van der Waals surface area contributed by atoms with Gasteiger partial charge < -0.3 is 44.8 Å². The van der Waals surface area contributed by atoms with Gasteiger partial charge in [0.05, 0.1) is 41.9 Å². The topological polar surface area (TPSA) is 185 Å². The molecule has 1 aliphatic carbocycles. The van der Waals surface area contributed by atoms with Gasteiger partial charge in [-0.05, 0) is 101 Å². The minimum absolute atomic E-state index is 0.0381. The summed E-state index contributed by atoms with van der Waals surface area (Å²) in [6.07, 6.45) is 18.6. The maximum absolute atomic E-state index is 13.1. The van der Waals surface area contributed by atoms with Crippen LogP contribution in [0.25, 0.3) is 5.65 Å². The van der Waals surface area contributed by atoms with E-state index >= 15 is 0 Å². The lowest BCUT2D eigenvalue weighted by atomic mass is 9.93. The molecule has 1 atom stereocenters. The van der Waals surface area contributed by atoms with Crippen molar-refractivity contribution in [3.63, 3.8) is 0 Å². The molecular weight excluding hydrogens is 906 g/mol. The number of pyridine rings is 1. The highest BCUT2D eigenvalue weighted by atomic mass is 35.5. The Morgan fingerprint density at radius 2 is 1.71 bits per heavy atom. The van der Waals surface area contributed by atoms with Crippen LogP contribution < -0.4 is 29.9 Å². The van der Waals surface area contributed by atoms with Crippen LogP contribution in [0.3, 0.4) is 0 Å². The van der Waals surface area contributed by atoms with Crippen molar-refractivity contribution in [2.45, 2.75) is 109 Å². The molecule has 4 fully saturated rings. The summed E-state index contributed by atoms with van der Waals surface area (Å²) in [5.74, 6) is 4.42. The summed E-state index contributed by atoms with van der Waals surface area (Å²) in [6.45, 7) is 12.8. The minimum atomic E-state index is -0.195. The number of aliphatic hydroxyl groups excluding tert-OH is 1. The average molecular weight is 975 g/mol. The highest BCUT2D eigenvalue weighted by Crippen LogP contribution is 2.31. The van der Waals surface area contributed by atoms with E-state index in [1.54, 1.807) is 30.6 Å². The summed E-state index contributed by atoms with van der Waals surface area (Å²) in [4.78, 5) is 41.7. The number of amides is 1. The average Bonchev–Trinajstić information content (AvgIpc) is 3.82.